The van der Waals surface area contributed by atoms with Gasteiger partial charge in [-0.15, -0.1) is 0 Å². The number of hydrogen-bond acceptors (Lipinski definition) is 2. The lowest BCUT2D eigenvalue weighted by Gasteiger charge is -2.16. The van der Waals surface area contributed by atoms with Crippen LogP contribution in [0.5, 0.6) is 0 Å². The second kappa shape index (κ2) is 5.73. The SMILES string of the molecule is NC(=S)Nc1cc(C(F)(F)F)ccc1NCC(F)(F)F. The van der Waals surface area contributed by atoms with Gasteiger partial charge in [0.05, 0.1) is 16.9 Å². The zero-order valence-electron chi connectivity index (χ0n) is 9.69. The van der Waals surface area contributed by atoms with E-state index in [9.17, 15) is 26.3 Å². The molecule has 0 saturated heterocycles. The van der Waals surface area contributed by atoms with Crippen molar-refractivity contribution in [2.45, 2.75) is 12.4 Å². The third-order valence-electron chi connectivity index (χ3n) is 2.08. The molecule has 0 aliphatic rings. The summed E-state index contributed by atoms with van der Waals surface area (Å²) in [4.78, 5) is 0. The maximum Gasteiger partial charge on any atom is 0.416 e. The summed E-state index contributed by atoms with van der Waals surface area (Å²) in [7, 11) is 0. The van der Waals surface area contributed by atoms with Crippen molar-refractivity contribution in [2.75, 3.05) is 17.2 Å². The van der Waals surface area contributed by atoms with Gasteiger partial charge in [-0.25, -0.2) is 0 Å². The van der Waals surface area contributed by atoms with Gasteiger partial charge in [0.2, 0.25) is 0 Å². The summed E-state index contributed by atoms with van der Waals surface area (Å²) in [6, 6.07) is 2.15. The molecule has 3 nitrogen and oxygen atoms in total. The molecule has 20 heavy (non-hydrogen) atoms. The lowest BCUT2D eigenvalue weighted by atomic mass is 10.1. The minimum Gasteiger partial charge on any atom is -0.376 e. The highest BCUT2D eigenvalue weighted by molar-refractivity contribution is 7.80. The van der Waals surface area contributed by atoms with Crippen LogP contribution in [0.25, 0.3) is 0 Å². The fraction of sp³-hybridized carbons (Fsp3) is 0.300. The van der Waals surface area contributed by atoms with Crippen molar-refractivity contribution in [3.8, 4) is 0 Å². The molecule has 0 heterocycles. The molecule has 0 radical (unpaired) electrons. The standard InChI is InChI=1S/C10H9F6N3S/c11-9(12,13)4-18-6-2-1-5(10(14,15)16)3-7(6)19-8(17)20/h1-3,18H,4H2,(H3,17,19,20). The molecule has 0 atom stereocenters. The highest BCUT2D eigenvalue weighted by Gasteiger charge is 2.32. The predicted octanol–water partition coefficient (Wildman–Crippen LogP) is 3.34. The monoisotopic (exact) mass is 317 g/mol. The van der Waals surface area contributed by atoms with E-state index in [1.165, 1.54) is 0 Å². The Morgan fingerprint density at radius 2 is 1.70 bits per heavy atom. The number of anilines is 2. The molecule has 0 unspecified atom stereocenters. The zero-order chi connectivity index (χ0) is 15.6. The molecule has 112 valence electrons. The molecule has 0 aliphatic carbocycles. The van der Waals surface area contributed by atoms with Crippen molar-refractivity contribution in [1.82, 2.24) is 0 Å². The van der Waals surface area contributed by atoms with Gasteiger partial charge in [-0.05, 0) is 30.4 Å². The van der Waals surface area contributed by atoms with Crippen LogP contribution < -0.4 is 16.4 Å². The zero-order valence-corrected chi connectivity index (χ0v) is 10.5. The van der Waals surface area contributed by atoms with E-state index in [-0.39, 0.29) is 16.5 Å². The van der Waals surface area contributed by atoms with E-state index in [1.54, 1.807) is 0 Å². The van der Waals surface area contributed by atoms with Crippen LogP contribution in [0.4, 0.5) is 37.7 Å². The van der Waals surface area contributed by atoms with Crippen LogP contribution in [0.1, 0.15) is 5.56 Å². The van der Waals surface area contributed by atoms with Gasteiger partial charge >= 0.3 is 12.4 Å². The van der Waals surface area contributed by atoms with Crippen LogP contribution in [0.3, 0.4) is 0 Å². The Bertz CT molecular complexity index is 497. The van der Waals surface area contributed by atoms with Gasteiger partial charge in [0.1, 0.15) is 6.54 Å². The molecule has 0 spiro atoms. The predicted molar refractivity (Wildman–Crippen MR) is 66.4 cm³/mol. The van der Waals surface area contributed by atoms with Gasteiger partial charge in [-0.3, -0.25) is 0 Å². The number of alkyl halides is 6. The first-order valence-corrected chi connectivity index (χ1v) is 5.48. The molecule has 1 aromatic carbocycles. The molecule has 0 aromatic heterocycles. The molecule has 0 fully saturated rings. The van der Waals surface area contributed by atoms with Crippen molar-refractivity contribution in [1.29, 1.82) is 0 Å². The van der Waals surface area contributed by atoms with Gasteiger partial charge in [-0.2, -0.15) is 26.3 Å². The molecule has 1 aromatic rings. The number of halogens is 6. The third kappa shape index (κ3) is 5.11. The summed E-state index contributed by atoms with van der Waals surface area (Å²) in [5.74, 6) is 0. The highest BCUT2D eigenvalue weighted by Crippen LogP contribution is 2.34. The van der Waals surface area contributed by atoms with Crippen LogP contribution in [0.2, 0.25) is 0 Å². The van der Waals surface area contributed by atoms with E-state index in [1.807, 2.05) is 5.32 Å². The summed E-state index contributed by atoms with van der Waals surface area (Å²) < 4.78 is 73.8. The topological polar surface area (TPSA) is 50.1 Å². The maximum absolute atomic E-state index is 12.5. The van der Waals surface area contributed by atoms with Crippen LogP contribution >= 0.6 is 12.2 Å². The molecular weight excluding hydrogens is 308 g/mol. The average molecular weight is 317 g/mol. The number of nitrogens with two attached hydrogens (primary N) is 1. The lowest BCUT2D eigenvalue weighted by molar-refractivity contribution is -0.137. The molecule has 0 bridgehead atoms. The summed E-state index contributed by atoms with van der Waals surface area (Å²) >= 11 is 4.47. The van der Waals surface area contributed by atoms with Crippen LogP contribution in [-0.4, -0.2) is 17.8 Å². The molecule has 4 N–H and O–H groups in total. The Hall–Kier alpha value is -1.71. The van der Waals surface area contributed by atoms with E-state index in [2.05, 4.69) is 17.5 Å². The van der Waals surface area contributed by atoms with Crippen molar-refractivity contribution < 1.29 is 26.3 Å². The number of hydrogen-bond donors (Lipinski definition) is 3. The quantitative estimate of drug-likeness (QED) is 0.591. The Kier molecular flexibility index (Phi) is 4.69. The Balaban J connectivity index is 3.07. The first kappa shape index (κ1) is 16.3. The summed E-state index contributed by atoms with van der Waals surface area (Å²) in [6.45, 7) is -1.40. The number of nitrogens with one attached hydrogen (secondary N) is 2. The van der Waals surface area contributed by atoms with Gasteiger partial charge in [0, 0.05) is 0 Å². The summed E-state index contributed by atoms with van der Waals surface area (Å²) in [5, 5.41) is 3.81. The first-order chi connectivity index (χ1) is 8.99. The van der Waals surface area contributed by atoms with Gasteiger partial charge in [-0.1, -0.05) is 0 Å². The first-order valence-electron chi connectivity index (χ1n) is 5.07. The van der Waals surface area contributed by atoms with Crippen molar-refractivity contribution >= 4 is 28.7 Å². The van der Waals surface area contributed by atoms with Crippen molar-refractivity contribution in [3.05, 3.63) is 23.8 Å². The van der Waals surface area contributed by atoms with E-state index in [0.717, 1.165) is 6.07 Å². The Morgan fingerprint density at radius 3 is 2.15 bits per heavy atom. The summed E-state index contributed by atoms with van der Waals surface area (Å²) in [6.07, 6.45) is -9.14. The number of benzene rings is 1. The molecule has 0 amide bonds. The molecule has 10 heteroatoms. The summed E-state index contributed by atoms with van der Waals surface area (Å²) in [5.41, 5.74) is 3.62. The average Bonchev–Trinajstić information content (AvgIpc) is 2.24. The second-order valence-electron chi connectivity index (χ2n) is 3.72. The lowest BCUT2D eigenvalue weighted by Crippen LogP contribution is -2.24. The second-order valence-corrected chi connectivity index (χ2v) is 4.16. The fourth-order valence-corrected chi connectivity index (χ4v) is 1.42. The van der Waals surface area contributed by atoms with Crippen molar-refractivity contribution in [2.24, 2.45) is 5.73 Å². The smallest absolute Gasteiger partial charge is 0.376 e. The Labute approximate surface area is 115 Å². The Morgan fingerprint density at radius 1 is 1.10 bits per heavy atom. The van der Waals surface area contributed by atoms with E-state index >= 15 is 0 Å². The fourth-order valence-electron chi connectivity index (χ4n) is 1.31. The minimum atomic E-state index is -4.63. The van der Waals surface area contributed by atoms with Crippen LogP contribution in [0.15, 0.2) is 18.2 Å². The van der Waals surface area contributed by atoms with Gasteiger partial charge in [0.25, 0.3) is 0 Å². The van der Waals surface area contributed by atoms with Gasteiger partial charge in [0.15, 0.2) is 5.11 Å². The van der Waals surface area contributed by atoms with Crippen molar-refractivity contribution in [3.63, 3.8) is 0 Å². The molecule has 1 rings (SSSR count). The van der Waals surface area contributed by atoms with E-state index in [0.29, 0.717) is 12.1 Å². The van der Waals surface area contributed by atoms with Crippen LogP contribution in [0, 0.1) is 0 Å². The van der Waals surface area contributed by atoms with E-state index in [4.69, 9.17) is 5.73 Å². The molecule has 0 saturated carbocycles. The number of thiocarbonyl (C=S) groups is 1. The molecule has 0 aliphatic heterocycles. The van der Waals surface area contributed by atoms with E-state index < -0.39 is 24.5 Å². The minimum absolute atomic E-state index is 0.192. The van der Waals surface area contributed by atoms with Crippen LogP contribution in [-0.2, 0) is 6.18 Å². The largest absolute Gasteiger partial charge is 0.416 e. The van der Waals surface area contributed by atoms with Gasteiger partial charge < -0.3 is 16.4 Å². The highest BCUT2D eigenvalue weighted by atomic mass is 32.1. The maximum atomic E-state index is 12.5. The third-order valence-corrected chi connectivity index (χ3v) is 2.19. The number of rotatable bonds is 3. The molecular formula is C10H9F6N3S. The normalized spacial score (nSPS) is 12.1.